The van der Waals surface area contributed by atoms with E-state index in [4.69, 9.17) is 4.74 Å². The second kappa shape index (κ2) is 5.63. The molecule has 2 heterocycles. The highest BCUT2D eigenvalue weighted by atomic mass is 16.5. The van der Waals surface area contributed by atoms with Gasteiger partial charge in [-0.15, -0.1) is 0 Å². The first-order valence-electron chi connectivity index (χ1n) is 5.79. The Kier molecular flexibility index (Phi) is 3.93. The van der Waals surface area contributed by atoms with Crippen LogP contribution in [0.4, 0.5) is 0 Å². The number of pyridine rings is 1. The van der Waals surface area contributed by atoms with Gasteiger partial charge in [-0.1, -0.05) is 0 Å². The van der Waals surface area contributed by atoms with E-state index in [1.54, 1.807) is 13.3 Å². The number of amides is 1. The largest absolute Gasteiger partial charge is 0.481 e. The molecule has 5 nitrogen and oxygen atoms in total. The first-order valence-corrected chi connectivity index (χ1v) is 5.79. The molecule has 1 saturated heterocycles. The number of methoxy groups -OCH3 is 1. The normalized spacial score (nSPS) is 19.0. The number of nitrogens with one attached hydrogen (secondary N) is 2. The van der Waals surface area contributed by atoms with Crippen LogP contribution in [0.5, 0.6) is 5.88 Å². The minimum absolute atomic E-state index is 0.0290. The Hall–Kier alpha value is -1.62. The molecule has 1 amide bonds. The lowest BCUT2D eigenvalue weighted by Gasteiger charge is -2.11. The SMILES string of the molecule is COc1cc(CNC(=O)[C@H]2CCCN2)ccn1. The predicted molar refractivity (Wildman–Crippen MR) is 63.7 cm³/mol. The molecular weight excluding hydrogens is 218 g/mol. The number of rotatable bonds is 4. The minimum Gasteiger partial charge on any atom is -0.481 e. The zero-order valence-corrected chi connectivity index (χ0v) is 9.90. The summed E-state index contributed by atoms with van der Waals surface area (Å²) >= 11 is 0. The number of nitrogens with zero attached hydrogens (tertiary/aromatic N) is 1. The molecule has 1 atom stereocenters. The second-order valence-electron chi connectivity index (χ2n) is 4.07. The average Bonchev–Trinajstić information content (AvgIpc) is 2.90. The maximum atomic E-state index is 11.8. The van der Waals surface area contributed by atoms with Crippen LogP contribution >= 0.6 is 0 Å². The fraction of sp³-hybridized carbons (Fsp3) is 0.500. The van der Waals surface area contributed by atoms with E-state index in [1.165, 1.54) is 0 Å². The third-order valence-corrected chi connectivity index (χ3v) is 2.85. The lowest BCUT2D eigenvalue weighted by Crippen LogP contribution is -2.39. The van der Waals surface area contributed by atoms with Gasteiger partial charge in [-0.05, 0) is 31.0 Å². The molecule has 92 valence electrons. The van der Waals surface area contributed by atoms with Gasteiger partial charge in [0.25, 0.3) is 0 Å². The third-order valence-electron chi connectivity index (χ3n) is 2.85. The molecule has 1 aliphatic rings. The van der Waals surface area contributed by atoms with E-state index in [-0.39, 0.29) is 11.9 Å². The molecule has 2 N–H and O–H groups in total. The Balaban J connectivity index is 1.86. The van der Waals surface area contributed by atoms with E-state index in [1.807, 2.05) is 12.1 Å². The van der Waals surface area contributed by atoms with Crippen molar-refractivity contribution in [3.05, 3.63) is 23.9 Å². The summed E-state index contributed by atoms with van der Waals surface area (Å²) in [5.41, 5.74) is 0.989. The highest BCUT2D eigenvalue weighted by molar-refractivity contribution is 5.81. The summed E-state index contributed by atoms with van der Waals surface area (Å²) in [6, 6.07) is 3.66. The van der Waals surface area contributed by atoms with Crippen molar-refractivity contribution in [2.24, 2.45) is 0 Å². The fourth-order valence-electron chi connectivity index (χ4n) is 1.89. The van der Waals surface area contributed by atoms with Gasteiger partial charge >= 0.3 is 0 Å². The Labute approximate surface area is 101 Å². The smallest absolute Gasteiger partial charge is 0.237 e. The van der Waals surface area contributed by atoms with E-state index >= 15 is 0 Å². The molecule has 17 heavy (non-hydrogen) atoms. The molecule has 0 unspecified atom stereocenters. The summed E-state index contributed by atoms with van der Waals surface area (Å²) in [6.07, 6.45) is 3.67. The summed E-state index contributed by atoms with van der Waals surface area (Å²) in [7, 11) is 1.58. The summed E-state index contributed by atoms with van der Waals surface area (Å²) in [5.74, 6) is 0.633. The highest BCUT2D eigenvalue weighted by Crippen LogP contribution is 2.09. The molecule has 2 rings (SSSR count). The minimum atomic E-state index is -0.0290. The van der Waals surface area contributed by atoms with Crippen molar-refractivity contribution in [1.29, 1.82) is 0 Å². The summed E-state index contributed by atoms with van der Waals surface area (Å²) in [6.45, 7) is 1.44. The number of hydrogen-bond donors (Lipinski definition) is 2. The molecule has 0 spiro atoms. The van der Waals surface area contributed by atoms with Gasteiger partial charge in [0, 0.05) is 18.8 Å². The van der Waals surface area contributed by atoms with E-state index < -0.39 is 0 Å². The van der Waals surface area contributed by atoms with E-state index in [9.17, 15) is 4.79 Å². The Morgan fingerprint density at radius 1 is 1.71 bits per heavy atom. The lowest BCUT2D eigenvalue weighted by molar-refractivity contribution is -0.122. The van der Waals surface area contributed by atoms with Crippen molar-refractivity contribution < 1.29 is 9.53 Å². The average molecular weight is 235 g/mol. The summed E-state index contributed by atoms with van der Waals surface area (Å²) in [5, 5.41) is 6.07. The van der Waals surface area contributed by atoms with Gasteiger partial charge in [0.05, 0.1) is 13.2 Å². The van der Waals surface area contributed by atoms with Gasteiger partial charge < -0.3 is 15.4 Å². The van der Waals surface area contributed by atoms with Crippen molar-refractivity contribution >= 4 is 5.91 Å². The Morgan fingerprint density at radius 2 is 2.59 bits per heavy atom. The number of carbonyl (C=O) groups excluding carboxylic acids is 1. The monoisotopic (exact) mass is 235 g/mol. The molecule has 0 saturated carbocycles. The molecule has 1 fully saturated rings. The van der Waals surface area contributed by atoms with Crippen LogP contribution < -0.4 is 15.4 Å². The molecule has 0 aliphatic carbocycles. The molecule has 0 aromatic carbocycles. The van der Waals surface area contributed by atoms with Crippen molar-refractivity contribution in [1.82, 2.24) is 15.6 Å². The Morgan fingerprint density at radius 3 is 3.29 bits per heavy atom. The van der Waals surface area contributed by atoms with Crippen LogP contribution in [-0.4, -0.2) is 30.6 Å². The fourth-order valence-corrected chi connectivity index (χ4v) is 1.89. The zero-order valence-electron chi connectivity index (χ0n) is 9.90. The molecule has 1 aromatic rings. The van der Waals surface area contributed by atoms with Gasteiger partial charge in [-0.2, -0.15) is 0 Å². The third kappa shape index (κ3) is 3.17. The van der Waals surface area contributed by atoms with Crippen LogP contribution in [0.1, 0.15) is 18.4 Å². The van der Waals surface area contributed by atoms with Crippen molar-refractivity contribution in [3.63, 3.8) is 0 Å². The van der Waals surface area contributed by atoms with Crippen LogP contribution in [0.25, 0.3) is 0 Å². The Bertz CT molecular complexity index is 389. The van der Waals surface area contributed by atoms with Crippen LogP contribution in [-0.2, 0) is 11.3 Å². The zero-order chi connectivity index (χ0) is 12.1. The predicted octanol–water partition coefficient (Wildman–Crippen LogP) is 0.458. The van der Waals surface area contributed by atoms with Gasteiger partial charge in [-0.25, -0.2) is 4.98 Å². The van der Waals surface area contributed by atoms with Gasteiger partial charge in [0.15, 0.2) is 0 Å². The van der Waals surface area contributed by atoms with Crippen molar-refractivity contribution in [3.8, 4) is 5.88 Å². The lowest BCUT2D eigenvalue weighted by atomic mass is 10.2. The molecular formula is C12H17N3O2. The van der Waals surface area contributed by atoms with Crippen LogP contribution in [0.3, 0.4) is 0 Å². The van der Waals surface area contributed by atoms with Crippen LogP contribution in [0.15, 0.2) is 18.3 Å². The first kappa shape index (κ1) is 11.9. The summed E-state index contributed by atoms with van der Waals surface area (Å²) in [4.78, 5) is 15.8. The number of ether oxygens (including phenoxy) is 1. The first-order chi connectivity index (χ1) is 8.29. The number of carbonyl (C=O) groups is 1. The maximum Gasteiger partial charge on any atom is 0.237 e. The molecule has 5 heteroatoms. The number of aromatic nitrogens is 1. The molecule has 1 aliphatic heterocycles. The molecule has 0 radical (unpaired) electrons. The quantitative estimate of drug-likeness (QED) is 0.795. The van der Waals surface area contributed by atoms with Crippen LogP contribution in [0, 0.1) is 0 Å². The van der Waals surface area contributed by atoms with E-state index in [2.05, 4.69) is 15.6 Å². The summed E-state index contributed by atoms with van der Waals surface area (Å²) < 4.78 is 5.03. The van der Waals surface area contributed by atoms with E-state index in [0.29, 0.717) is 12.4 Å². The highest BCUT2D eigenvalue weighted by Gasteiger charge is 2.21. The number of hydrogen-bond acceptors (Lipinski definition) is 4. The van der Waals surface area contributed by atoms with E-state index in [0.717, 1.165) is 24.9 Å². The van der Waals surface area contributed by atoms with Crippen molar-refractivity contribution in [2.45, 2.75) is 25.4 Å². The molecule has 1 aromatic heterocycles. The topological polar surface area (TPSA) is 63.2 Å². The van der Waals surface area contributed by atoms with Gasteiger partial charge in [0.2, 0.25) is 11.8 Å². The van der Waals surface area contributed by atoms with Crippen molar-refractivity contribution in [2.75, 3.05) is 13.7 Å². The van der Waals surface area contributed by atoms with Gasteiger partial charge in [-0.3, -0.25) is 4.79 Å². The van der Waals surface area contributed by atoms with Crippen LogP contribution in [0.2, 0.25) is 0 Å². The maximum absolute atomic E-state index is 11.8. The standard InChI is InChI=1S/C12H17N3O2/c1-17-11-7-9(4-6-14-11)8-15-12(16)10-3-2-5-13-10/h4,6-7,10,13H,2-3,5,8H2,1H3,(H,15,16)/t10-/m1/s1. The molecule has 0 bridgehead atoms. The van der Waals surface area contributed by atoms with Gasteiger partial charge in [0.1, 0.15) is 0 Å². The second-order valence-corrected chi connectivity index (χ2v) is 4.07.